The average molecular weight is 496 g/mol. The van der Waals surface area contributed by atoms with Gasteiger partial charge in [0.2, 0.25) is 0 Å². The van der Waals surface area contributed by atoms with Gasteiger partial charge in [-0.3, -0.25) is 14.3 Å². The predicted octanol–water partition coefficient (Wildman–Crippen LogP) is 5.10. The molecule has 37 heavy (non-hydrogen) atoms. The summed E-state index contributed by atoms with van der Waals surface area (Å²) in [6.45, 7) is 0. The number of benzene rings is 2. The van der Waals surface area contributed by atoms with E-state index in [0.717, 1.165) is 53.1 Å². The van der Waals surface area contributed by atoms with Crippen LogP contribution in [-0.2, 0) is 7.05 Å². The lowest BCUT2D eigenvalue weighted by atomic mass is 9.82. The summed E-state index contributed by atoms with van der Waals surface area (Å²) in [4.78, 5) is 26.6. The Hall–Kier alpha value is -3.48. The van der Waals surface area contributed by atoms with E-state index in [-0.39, 0.29) is 23.6 Å². The Kier molecular flexibility index (Phi) is 5.41. The van der Waals surface area contributed by atoms with Crippen LogP contribution in [0.5, 0.6) is 0 Å². The third kappa shape index (κ3) is 4.05. The van der Waals surface area contributed by atoms with Crippen molar-refractivity contribution in [1.82, 2.24) is 24.9 Å². The quantitative estimate of drug-likeness (QED) is 0.403. The first-order valence-electron chi connectivity index (χ1n) is 13.8. The van der Waals surface area contributed by atoms with Gasteiger partial charge in [-0.25, -0.2) is 4.68 Å². The van der Waals surface area contributed by atoms with Crippen LogP contribution in [0.2, 0.25) is 0 Å². The van der Waals surface area contributed by atoms with Gasteiger partial charge in [0.25, 0.3) is 11.5 Å². The fourth-order valence-electron chi connectivity index (χ4n) is 6.54. The average Bonchev–Trinajstić information content (AvgIpc) is 3.86. The summed E-state index contributed by atoms with van der Waals surface area (Å²) in [6, 6.07) is 16.2. The van der Waals surface area contributed by atoms with E-state index >= 15 is 0 Å². The third-order valence-electron chi connectivity index (χ3n) is 8.77. The van der Waals surface area contributed by atoms with Crippen LogP contribution in [0.3, 0.4) is 0 Å². The Morgan fingerprint density at radius 2 is 1.46 bits per heavy atom. The zero-order valence-electron chi connectivity index (χ0n) is 21.3. The number of hydrogen-bond donors (Lipinski definition) is 1. The topological polar surface area (TPSA) is 81.8 Å². The summed E-state index contributed by atoms with van der Waals surface area (Å²) < 4.78 is 3.65. The Bertz CT molecular complexity index is 1540. The second kappa shape index (κ2) is 8.82. The molecular weight excluding hydrogens is 462 g/mol. The summed E-state index contributed by atoms with van der Waals surface area (Å²) in [5.74, 6) is 1.41. The van der Waals surface area contributed by atoms with Gasteiger partial charge < -0.3 is 5.32 Å². The van der Waals surface area contributed by atoms with Crippen molar-refractivity contribution in [2.24, 2.45) is 18.9 Å². The number of nitrogens with zero attached hydrogens (tertiary/aromatic N) is 4. The highest BCUT2D eigenvalue weighted by Gasteiger charge is 2.44. The maximum atomic E-state index is 13.5. The number of para-hydroxylation sites is 1. The summed E-state index contributed by atoms with van der Waals surface area (Å²) >= 11 is 0. The molecular formula is C30H33N5O2. The number of carbonyl (C=O) groups is 1. The van der Waals surface area contributed by atoms with Crippen LogP contribution >= 0.6 is 0 Å². The zero-order valence-corrected chi connectivity index (χ0v) is 21.3. The molecule has 7 rings (SSSR count). The van der Waals surface area contributed by atoms with Crippen molar-refractivity contribution in [2.45, 2.75) is 69.4 Å². The van der Waals surface area contributed by atoms with Crippen molar-refractivity contribution in [3.8, 4) is 0 Å². The van der Waals surface area contributed by atoms with Crippen molar-refractivity contribution in [3.05, 3.63) is 70.3 Å². The molecule has 4 aromatic rings. The Labute approximate surface area is 215 Å². The second-order valence-electron chi connectivity index (χ2n) is 11.4. The molecule has 0 unspecified atom stereocenters. The molecule has 0 saturated heterocycles. The van der Waals surface area contributed by atoms with Gasteiger partial charge in [0, 0.05) is 29.8 Å². The molecule has 7 heteroatoms. The number of hydrogen-bond acceptors (Lipinski definition) is 4. The van der Waals surface area contributed by atoms with Gasteiger partial charge in [-0.2, -0.15) is 10.2 Å². The van der Waals surface area contributed by atoms with Crippen LogP contribution in [0.25, 0.3) is 21.7 Å². The molecule has 2 aromatic heterocycles. The van der Waals surface area contributed by atoms with Gasteiger partial charge in [-0.15, -0.1) is 0 Å². The van der Waals surface area contributed by atoms with Crippen molar-refractivity contribution in [1.29, 1.82) is 0 Å². The highest BCUT2D eigenvalue weighted by Crippen LogP contribution is 2.51. The lowest BCUT2D eigenvalue weighted by Crippen LogP contribution is -2.38. The Balaban J connectivity index is 1.13. The molecule has 3 fully saturated rings. The largest absolute Gasteiger partial charge is 0.348 e. The number of aryl methyl sites for hydroxylation is 1. The van der Waals surface area contributed by atoms with Gasteiger partial charge >= 0.3 is 0 Å². The normalized spacial score (nSPS) is 22.1. The number of rotatable bonds is 6. The van der Waals surface area contributed by atoms with Crippen LogP contribution in [0, 0.1) is 11.8 Å². The molecule has 0 spiro atoms. The van der Waals surface area contributed by atoms with Crippen LogP contribution < -0.4 is 10.9 Å². The molecule has 0 aliphatic heterocycles. The van der Waals surface area contributed by atoms with Gasteiger partial charge in [-0.1, -0.05) is 36.4 Å². The van der Waals surface area contributed by atoms with E-state index in [2.05, 4.69) is 16.5 Å². The molecule has 3 aliphatic rings. The van der Waals surface area contributed by atoms with E-state index in [1.54, 1.807) is 4.68 Å². The Morgan fingerprint density at radius 1 is 0.838 bits per heavy atom. The Morgan fingerprint density at radius 3 is 2.14 bits per heavy atom. The van der Waals surface area contributed by atoms with Crippen molar-refractivity contribution in [3.63, 3.8) is 0 Å². The van der Waals surface area contributed by atoms with Gasteiger partial charge in [0.1, 0.15) is 0 Å². The molecule has 1 amide bonds. The zero-order chi connectivity index (χ0) is 25.1. The van der Waals surface area contributed by atoms with E-state index in [1.165, 1.54) is 25.7 Å². The van der Waals surface area contributed by atoms with Crippen LogP contribution in [0.1, 0.15) is 79.5 Å². The number of fused-ring (bicyclic) bond motifs is 2. The van der Waals surface area contributed by atoms with Crippen molar-refractivity contribution in [2.75, 3.05) is 0 Å². The molecule has 2 aromatic carbocycles. The monoisotopic (exact) mass is 495 g/mol. The molecule has 1 N–H and O–H groups in total. The van der Waals surface area contributed by atoms with E-state index in [9.17, 15) is 9.59 Å². The van der Waals surface area contributed by atoms with Crippen molar-refractivity contribution < 1.29 is 4.79 Å². The minimum atomic E-state index is -0.103. The highest BCUT2D eigenvalue weighted by molar-refractivity contribution is 6.04. The van der Waals surface area contributed by atoms with E-state index in [1.807, 2.05) is 54.2 Å². The first kappa shape index (κ1) is 22.7. The molecule has 190 valence electrons. The first-order valence-corrected chi connectivity index (χ1v) is 13.8. The second-order valence-corrected chi connectivity index (χ2v) is 11.4. The molecule has 3 saturated carbocycles. The molecule has 0 radical (unpaired) electrons. The summed E-state index contributed by atoms with van der Waals surface area (Å²) in [7, 11) is 1.87. The van der Waals surface area contributed by atoms with Crippen molar-refractivity contribution >= 4 is 27.6 Å². The number of carbonyl (C=O) groups excluding carboxylic acids is 1. The lowest BCUT2D eigenvalue weighted by molar-refractivity contribution is 0.0921. The van der Waals surface area contributed by atoms with E-state index in [4.69, 9.17) is 5.10 Å². The highest BCUT2D eigenvalue weighted by atomic mass is 16.2. The van der Waals surface area contributed by atoms with Crippen LogP contribution in [0.15, 0.2) is 53.3 Å². The minimum Gasteiger partial charge on any atom is -0.348 e. The maximum Gasteiger partial charge on any atom is 0.274 e. The van der Waals surface area contributed by atoms with Crippen LogP contribution in [-0.4, -0.2) is 31.5 Å². The maximum absolute atomic E-state index is 13.5. The summed E-state index contributed by atoms with van der Waals surface area (Å²) in [6.07, 6.45) is 8.54. The predicted molar refractivity (Wildman–Crippen MR) is 144 cm³/mol. The standard InChI is InChI=1S/C30H33N5O2/c1-34-25-9-5-4-8-24(25)27(32-34)29(36)31-21-16-14-18(15-17-21)26-22-6-2-3-7-23(22)30(37)35(33-26)28(19-10-11-19)20-12-13-20/h2-9,18-21,28H,10-17H2,1H3,(H,31,36)/t18-,21-. The molecule has 3 aliphatic carbocycles. The minimum absolute atomic E-state index is 0.0756. The van der Waals surface area contributed by atoms with Gasteiger partial charge in [0.05, 0.1) is 22.6 Å². The van der Waals surface area contributed by atoms with E-state index in [0.29, 0.717) is 23.4 Å². The third-order valence-corrected chi connectivity index (χ3v) is 8.77. The molecule has 2 heterocycles. The van der Waals surface area contributed by atoms with Gasteiger partial charge in [-0.05, 0) is 75.3 Å². The van der Waals surface area contributed by atoms with Gasteiger partial charge in [0.15, 0.2) is 5.69 Å². The lowest BCUT2D eigenvalue weighted by Gasteiger charge is -2.30. The summed E-state index contributed by atoms with van der Waals surface area (Å²) in [5, 5.41) is 15.5. The number of nitrogens with one attached hydrogen (secondary N) is 1. The molecule has 0 bridgehead atoms. The van der Waals surface area contributed by atoms with E-state index < -0.39 is 0 Å². The fraction of sp³-hybridized carbons (Fsp3) is 0.467. The number of amides is 1. The van der Waals surface area contributed by atoms with Crippen LogP contribution in [0.4, 0.5) is 0 Å². The SMILES string of the molecule is Cn1nc(C(=O)N[C@H]2CC[C@H](c3nn(C(C4CC4)C4CC4)c(=O)c4ccccc43)CC2)c2ccccc21. The first-order chi connectivity index (χ1) is 18.1. The smallest absolute Gasteiger partial charge is 0.274 e. The molecule has 7 nitrogen and oxygen atoms in total. The number of aromatic nitrogens is 4. The molecule has 0 atom stereocenters. The fourth-order valence-corrected chi connectivity index (χ4v) is 6.54. The summed E-state index contributed by atoms with van der Waals surface area (Å²) in [5.41, 5.74) is 2.60.